The van der Waals surface area contributed by atoms with Gasteiger partial charge in [-0.2, -0.15) is 13.2 Å². The number of rotatable bonds is 2. The molecule has 0 spiro atoms. The van der Waals surface area contributed by atoms with Crippen molar-refractivity contribution >= 4 is 17.3 Å². The van der Waals surface area contributed by atoms with Crippen LogP contribution in [0.15, 0.2) is 35.1 Å². The number of pyridine rings is 1. The number of anilines is 2. The van der Waals surface area contributed by atoms with Gasteiger partial charge >= 0.3 is 6.18 Å². The molecule has 2 aliphatic rings. The highest BCUT2D eigenvalue weighted by atomic mass is 19.4. The Balaban J connectivity index is 1.82. The van der Waals surface area contributed by atoms with Crippen molar-refractivity contribution in [2.45, 2.75) is 44.6 Å². The zero-order valence-electron chi connectivity index (χ0n) is 15.6. The fourth-order valence-corrected chi connectivity index (χ4v) is 4.11. The molecule has 2 atom stereocenters. The van der Waals surface area contributed by atoms with E-state index in [1.807, 2.05) is 0 Å². The van der Waals surface area contributed by atoms with Crippen LogP contribution in [-0.2, 0) is 6.18 Å². The van der Waals surface area contributed by atoms with Gasteiger partial charge in [-0.15, -0.1) is 0 Å². The first-order valence-corrected chi connectivity index (χ1v) is 9.29. The standard InChI is InChI=1S/C20H19F4N3O2/c1-11-16(6-7-18(28)25-11)27-10-26(14-4-3-13(21)9-14)17-8-12(20(22,23)24)2-5-15(17)19(27)29/h2,5-8,13-14H,3-4,9-10H2,1H3,(H,25,28)/t13-,14-/m1/s1. The molecule has 1 amide bonds. The summed E-state index contributed by atoms with van der Waals surface area (Å²) in [5.74, 6) is -0.463. The highest BCUT2D eigenvalue weighted by Gasteiger charge is 2.40. The Morgan fingerprint density at radius 1 is 1.07 bits per heavy atom. The van der Waals surface area contributed by atoms with Crippen LogP contribution in [0.2, 0.25) is 0 Å². The number of alkyl halides is 4. The van der Waals surface area contributed by atoms with Crippen molar-refractivity contribution in [1.29, 1.82) is 0 Å². The molecule has 154 valence electrons. The predicted octanol–water partition coefficient (Wildman–Crippen LogP) is 4.02. The highest BCUT2D eigenvalue weighted by Crippen LogP contribution is 2.40. The van der Waals surface area contributed by atoms with E-state index in [1.165, 1.54) is 23.1 Å². The first-order chi connectivity index (χ1) is 13.6. The van der Waals surface area contributed by atoms with Gasteiger partial charge in [-0.05, 0) is 50.5 Å². The van der Waals surface area contributed by atoms with Gasteiger partial charge in [-0.25, -0.2) is 4.39 Å². The lowest BCUT2D eigenvalue weighted by Crippen LogP contribution is -2.51. The molecular weight excluding hydrogens is 390 g/mol. The lowest BCUT2D eigenvalue weighted by atomic mass is 10.0. The number of H-pyrrole nitrogens is 1. The Morgan fingerprint density at radius 2 is 1.83 bits per heavy atom. The van der Waals surface area contributed by atoms with Crippen LogP contribution in [0.4, 0.5) is 28.9 Å². The van der Waals surface area contributed by atoms with Crippen LogP contribution in [0.3, 0.4) is 0 Å². The van der Waals surface area contributed by atoms with Crippen LogP contribution in [-0.4, -0.2) is 29.8 Å². The molecule has 1 aliphatic heterocycles. The summed E-state index contributed by atoms with van der Waals surface area (Å²) in [4.78, 5) is 30.3. The molecular formula is C20H19F4N3O2. The van der Waals surface area contributed by atoms with Crippen molar-refractivity contribution in [3.05, 3.63) is 57.5 Å². The van der Waals surface area contributed by atoms with Crippen molar-refractivity contribution in [3.63, 3.8) is 0 Å². The van der Waals surface area contributed by atoms with Crippen molar-refractivity contribution in [2.24, 2.45) is 0 Å². The van der Waals surface area contributed by atoms with Gasteiger partial charge in [0.05, 0.1) is 29.2 Å². The fourth-order valence-electron chi connectivity index (χ4n) is 4.11. The number of aromatic nitrogens is 1. The Morgan fingerprint density at radius 3 is 2.45 bits per heavy atom. The molecule has 0 bridgehead atoms. The first kappa shape index (κ1) is 19.5. The van der Waals surface area contributed by atoms with Crippen LogP contribution in [0.5, 0.6) is 0 Å². The molecule has 1 aromatic heterocycles. The quantitative estimate of drug-likeness (QED) is 0.763. The lowest BCUT2D eigenvalue weighted by Gasteiger charge is -2.42. The van der Waals surface area contributed by atoms with Gasteiger partial charge in [0, 0.05) is 17.8 Å². The van der Waals surface area contributed by atoms with Crippen LogP contribution in [0.25, 0.3) is 0 Å². The second kappa shape index (κ2) is 6.89. The van der Waals surface area contributed by atoms with E-state index < -0.39 is 23.8 Å². The number of carbonyl (C=O) groups is 1. The molecule has 2 heterocycles. The molecule has 29 heavy (non-hydrogen) atoms. The van der Waals surface area contributed by atoms with Crippen LogP contribution in [0.1, 0.15) is 40.9 Å². The average Bonchev–Trinajstić information content (AvgIpc) is 3.08. The molecule has 0 unspecified atom stereocenters. The number of aryl methyl sites for hydroxylation is 1. The smallest absolute Gasteiger partial charge is 0.350 e. The van der Waals surface area contributed by atoms with E-state index in [1.54, 1.807) is 11.8 Å². The van der Waals surface area contributed by atoms with Gasteiger partial charge < -0.3 is 9.88 Å². The summed E-state index contributed by atoms with van der Waals surface area (Å²) in [7, 11) is 0. The number of fused-ring (bicyclic) bond motifs is 1. The SMILES string of the molecule is Cc1[nH]c(=O)ccc1N1CN([C@@H]2CC[C@@H](F)C2)c2cc(C(F)(F)F)ccc2C1=O. The third kappa shape index (κ3) is 3.49. The lowest BCUT2D eigenvalue weighted by molar-refractivity contribution is -0.137. The van der Waals surface area contributed by atoms with Crippen molar-refractivity contribution in [1.82, 2.24) is 4.98 Å². The van der Waals surface area contributed by atoms with Crippen LogP contribution >= 0.6 is 0 Å². The summed E-state index contributed by atoms with van der Waals surface area (Å²) in [5, 5.41) is 0. The largest absolute Gasteiger partial charge is 0.416 e. The van der Waals surface area contributed by atoms with E-state index >= 15 is 0 Å². The molecule has 1 saturated carbocycles. The second-order valence-electron chi connectivity index (χ2n) is 7.47. The zero-order valence-corrected chi connectivity index (χ0v) is 15.6. The minimum absolute atomic E-state index is 0.0165. The number of amides is 1. The Bertz CT molecular complexity index is 1020. The van der Waals surface area contributed by atoms with Crippen LogP contribution < -0.4 is 15.4 Å². The van der Waals surface area contributed by atoms with Crippen molar-refractivity contribution in [2.75, 3.05) is 16.5 Å². The molecule has 1 aromatic carbocycles. The van der Waals surface area contributed by atoms with E-state index in [0.29, 0.717) is 24.2 Å². The normalized spacial score (nSPS) is 22.2. The number of halogens is 4. The number of hydrogen-bond donors (Lipinski definition) is 1. The maximum absolute atomic E-state index is 13.9. The van der Waals surface area contributed by atoms with E-state index in [4.69, 9.17) is 0 Å². The summed E-state index contributed by atoms with van der Waals surface area (Å²) in [6.07, 6.45) is -4.54. The molecule has 9 heteroatoms. The molecule has 1 N–H and O–H groups in total. The Kier molecular flexibility index (Phi) is 4.63. The third-order valence-electron chi connectivity index (χ3n) is 5.56. The molecule has 1 aliphatic carbocycles. The van der Waals surface area contributed by atoms with Gasteiger partial charge in [0.15, 0.2) is 0 Å². The number of nitrogens with zero attached hydrogens (tertiary/aromatic N) is 2. The van der Waals surface area contributed by atoms with Crippen LogP contribution in [0, 0.1) is 6.92 Å². The number of benzene rings is 1. The molecule has 0 saturated heterocycles. The zero-order chi connectivity index (χ0) is 20.9. The molecule has 5 nitrogen and oxygen atoms in total. The second-order valence-corrected chi connectivity index (χ2v) is 7.47. The fraction of sp³-hybridized carbons (Fsp3) is 0.400. The van der Waals surface area contributed by atoms with Gasteiger partial charge in [0.25, 0.3) is 5.91 Å². The maximum atomic E-state index is 13.9. The summed E-state index contributed by atoms with van der Waals surface area (Å²) in [6.45, 7) is 1.63. The number of hydrogen-bond acceptors (Lipinski definition) is 3. The van der Waals surface area contributed by atoms with E-state index in [9.17, 15) is 27.2 Å². The molecule has 4 rings (SSSR count). The maximum Gasteiger partial charge on any atom is 0.416 e. The molecule has 2 aromatic rings. The summed E-state index contributed by atoms with van der Waals surface area (Å²) < 4.78 is 53.6. The Labute approximate surface area is 163 Å². The Hall–Kier alpha value is -2.84. The van der Waals surface area contributed by atoms with Crippen molar-refractivity contribution < 1.29 is 22.4 Å². The minimum atomic E-state index is -4.55. The summed E-state index contributed by atoms with van der Waals surface area (Å²) in [5.41, 5.74) is 0.0478. The van der Waals surface area contributed by atoms with Gasteiger partial charge in [-0.1, -0.05) is 0 Å². The van der Waals surface area contributed by atoms with E-state index in [2.05, 4.69) is 4.98 Å². The third-order valence-corrected chi connectivity index (χ3v) is 5.56. The predicted molar refractivity (Wildman–Crippen MR) is 99.9 cm³/mol. The summed E-state index contributed by atoms with van der Waals surface area (Å²) >= 11 is 0. The number of carbonyl (C=O) groups excluding carboxylic acids is 1. The highest BCUT2D eigenvalue weighted by molar-refractivity contribution is 6.12. The average molecular weight is 409 g/mol. The van der Waals surface area contributed by atoms with E-state index in [0.717, 1.165) is 12.1 Å². The minimum Gasteiger partial charge on any atom is -0.350 e. The number of aromatic amines is 1. The molecule has 1 fully saturated rings. The topological polar surface area (TPSA) is 56.4 Å². The first-order valence-electron chi connectivity index (χ1n) is 9.29. The summed E-state index contributed by atoms with van der Waals surface area (Å²) in [6, 6.07) is 5.50. The number of nitrogens with one attached hydrogen (secondary N) is 1. The van der Waals surface area contributed by atoms with Gasteiger partial charge in [0.2, 0.25) is 5.56 Å². The monoisotopic (exact) mass is 409 g/mol. The van der Waals surface area contributed by atoms with Gasteiger partial charge in [0.1, 0.15) is 6.17 Å². The van der Waals surface area contributed by atoms with Gasteiger partial charge in [-0.3, -0.25) is 14.5 Å². The van der Waals surface area contributed by atoms with Crippen molar-refractivity contribution in [3.8, 4) is 0 Å². The molecule has 0 radical (unpaired) electrons. The van der Waals surface area contributed by atoms with E-state index in [-0.39, 0.29) is 35.9 Å².